The van der Waals surface area contributed by atoms with Gasteiger partial charge in [-0.15, -0.1) is 0 Å². The van der Waals surface area contributed by atoms with Crippen molar-refractivity contribution in [2.45, 2.75) is 19.1 Å². The van der Waals surface area contributed by atoms with E-state index >= 15 is 0 Å². The van der Waals surface area contributed by atoms with Gasteiger partial charge in [0, 0.05) is 23.4 Å². The van der Waals surface area contributed by atoms with Crippen molar-refractivity contribution in [3.63, 3.8) is 0 Å². The van der Waals surface area contributed by atoms with Gasteiger partial charge < -0.3 is 9.84 Å². The topological polar surface area (TPSA) is 78.9 Å². The number of anilines is 1. The lowest BCUT2D eigenvalue weighted by Crippen LogP contribution is -2.41. The molecule has 2 aliphatic heterocycles. The van der Waals surface area contributed by atoms with E-state index in [1.54, 1.807) is 23.9 Å². The Labute approximate surface area is 167 Å². The molecular weight excluding hydrogens is 378 g/mol. The summed E-state index contributed by atoms with van der Waals surface area (Å²) in [5, 5.41) is 23.6. The van der Waals surface area contributed by atoms with Gasteiger partial charge in [0.05, 0.1) is 18.1 Å². The summed E-state index contributed by atoms with van der Waals surface area (Å²) in [4.78, 5) is 12.6. The highest BCUT2D eigenvalue weighted by molar-refractivity contribution is 8.13. The van der Waals surface area contributed by atoms with Crippen LogP contribution < -0.4 is 9.64 Å². The molecule has 0 saturated heterocycles. The lowest BCUT2D eigenvalue weighted by Gasteiger charge is -2.24. The fourth-order valence-corrected chi connectivity index (χ4v) is 4.92. The van der Waals surface area contributed by atoms with Gasteiger partial charge in [-0.3, -0.25) is 10.1 Å². The minimum atomic E-state index is -1.25. The number of rotatable bonds is 5. The van der Waals surface area contributed by atoms with Gasteiger partial charge in [-0.25, -0.2) is 9.48 Å². The molecule has 2 heterocycles. The van der Waals surface area contributed by atoms with Crippen molar-refractivity contribution < 1.29 is 19.3 Å². The van der Waals surface area contributed by atoms with Gasteiger partial charge in [0.15, 0.2) is 18.0 Å². The third-order valence-corrected chi connectivity index (χ3v) is 6.23. The number of para-hydroxylation sites is 2. The number of nitro groups is 1. The largest absolute Gasteiger partial charge is 0.489 e. The molecule has 0 unspecified atom stereocenters. The van der Waals surface area contributed by atoms with E-state index in [-0.39, 0.29) is 5.69 Å². The van der Waals surface area contributed by atoms with E-state index in [9.17, 15) is 15.2 Å². The van der Waals surface area contributed by atoms with Crippen LogP contribution in [0.5, 0.6) is 5.75 Å². The molecule has 0 aromatic heterocycles. The van der Waals surface area contributed by atoms with Gasteiger partial charge in [-0.05, 0) is 49.4 Å². The van der Waals surface area contributed by atoms with Crippen LogP contribution in [0.4, 0.5) is 11.4 Å². The standard InChI is InChI=1S/C20H22N3O4S/c1-2-27-18-7-4-3-6-17(18)21-14-20(24,22-12-5-13-28-19(21)22)15-8-10-16(11-9-15)23(25)26/h3-4,6-11,24H,2,5,12-14H2,1H3/q+1/t20-/m1/s1. The zero-order valence-corrected chi connectivity index (χ0v) is 16.4. The number of hydrogen-bond acceptors (Lipinski definition) is 6. The SMILES string of the molecule is CCOc1ccccc1N1C[C@@](O)(c2ccc([N+](=O)[O-])cc2)[N+]2=C1SCCC2. The number of amidine groups is 1. The maximum absolute atomic E-state index is 11.7. The fourth-order valence-electron chi connectivity index (χ4n) is 3.74. The maximum Gasteiger partial charge on any atom is 0.316 e. The van der Waals surface area contributed by atoms with Crippen molar-refractivity contribution in [1.29, 1.82) is 0 Å². The average molecular weight is 400 g/mol. The number of non-ortho nitro benzene ring substituents is 1. The highest BCUT2D eigenvalue weighted by Gasteiger charge is 2.53. The van der Waals surface area contributed by atoms with Crippen LogP contribution in [-0.2, 0) is 5.72 Å². The third-order valence-electron chi connectivity index (χ3n) is 5.04. The Bertz CT molecular complexity index is 931. The van der Waals surface area contributed by atoms with Gasteiger partial charge in [-0.1, -0.05) is 12.1 Å². The number of aliphatic hydroxyl groups is 1. The minimum Gasteiger partial charge on any atom is -0.489 e. The first-order chi connectivity index (χ1) is 13.5. The van der Waals surface area contributed by atoms with Gasteiger partial charge in [0.25, 0.3) is 11.4 Å². The first-order valence-electron chi connectivity index (χ1n) is 9.28. The summed E-state index contributed by atoms with van der Waals surface area (Å²) in [5.41, 5.74) is 0.323. The number of nitrogens with zero attached hydrogens (tertiary/aromatic N) is 3. The summed E-state index contributed by atoms with van der Waals surface area (Å²) in [7, 11) is 0. The molecule has 2 aliphatic rings. The zero-order valence-electron chi connectivity index (χ0n) is 15.6. The van der Waals surface area contributed by atoms with Gasteiger partial charge in [0.2, 0.25) is 0 Å². The third kappa shape index (κ3) is 3.12. The van der Waals surface area contributed by atoms with Crippen LogP contribution in [-0.4, -0.2) is 45.2 Å². The second-order valence-corrected chi connectivity index (χ2v) is 7.81. The van der Waals surface area contributed by atoms with E-state index in [0.29, 0.717) is 18.7 Å². The normalized spacial score (nSPS) is 21.6. The smallest absolute Gasteiger partial charge is 0.316 e. The van der Waals surface area contributed by atoms with Crippen molar-refractivity contribution >= 4 is 28.3 Å². The first-order valence-corrected chi connectivity index (χ1v) is 10.3. The first kappa shape index (κ1) is 18.8. The number of benzene rings is 2. The maximum atomic E-state index is 11.7. The molecule has 4 rings (SSSR count). The molecule has 8 heteroatoms. The van der Waals surface area contributed by atoms with Crippen LogP contribution in [0.15, 0.2) is 48.5 Å². The molecule has 1 atom stereocenters. The van der Waals surface area contributed by atoms with Crippen LogP contribution in [0.1, 0.15) is 18.9 Å². The molecule has 0 amide bonds. The van der Waals surface area contributed by atoms with Crippen LogP contribution in [0, 0.1) is 10.1 Å². The Balaban J connectivity index is 1.77. The Hall–Kier alpha value is -2.58. The molecule has 0 fully saturated rings. The van der Waals surface area contributed by atoms with Crippen molar-refractivity contribution in [3.05, 3.63) is 64.2 Å². The predicted molar refractivity (Wildman–Crippen MR) is 109 cm³/mol. The highest BCUT2D eigenvalue weighted by Crippen LogP contribution is 2.40. The summed E-state index contributed by atoms with van der Waals surface area (Å²) in [6, 6.07) is 14.0. The van der Waals surface area contributed by atoms with E-state index in [4.69, 9.17) is 4.74 Å². The number of β-amino-alcohol motifs (C(OH)–C–C–N with tert-alkyl or cyclic N) is 1. The van der Waals surface area contributed by atoms with Crippen molar-refractivity contribution in [2.75, 3.05) is 30.3 Å². The minimum absolute atomic E-state index is 0.0149. The number of hydrogen-bond donors (Lipinski definition) is 1. The summed E-state index contributed by atoms with van der Waals surface area (Å²) in [6.07, 6.45) is 0.963. The Kier molecular flexibility index (Phi) is 4.99. The molecule has 0 spiro atoms. The van der Waals surface area contributed by atoms with E-state index in [1.165, 1.54) is 12.1 Å². The quantitative estimate of drug-likeness (QED) is 0.472. The monoisotopic (exact) mass is 400 g/mol. The molecule has 7 nitrogen and oxygen atoms in total. The average Bonchev–Trinajstić information content (AvgIpc) is 3.03. The predicted octanol–water partition coefficient (Wildman–Crippen LogP) is 3.16. The van der Waals surface area contributed by atoms with Crippen LogP contribution in [0.2, 0.25) is 0 Å². The molecule has 0 aliphatic carbocycles. The molecule has 2 aromatic carbocycles. The lowest BCUT2D eigenvalue weighted by atomic mass is 10.0. The van der Waals surface area contributed by atoms with E-state index in [2.05, 4.69) is 4.90 Å². The molecule has 0 saturated carbocycles. The Morgan fingerprint density at radius 1 is 1.29 bits per heavy atom. The lowest BCUT2D eigenvalue weighted by molar-refractivity contribution is -0.656. The number of thioether (sulfide) groups is 1. The highest BCUT2D eigenvalue weighted by atomic mass is 32.2. The van der Waals surface area contributed by atoms with Crippen LogP contribution in [0.25, 0.3) is 0 Å². The Morgan fingerprint density at radius 3 is 2.75 bits per heavy atom. The summed E-state index contributed by atoms with van der Waals surface area (Å²) >= 11 is 1.71. The van der Waals surface area contributed by atoms with Gasteiger partial charge >= 0.3 is 5.17 Å². The van der Waals surface area contributed by atoms with Gasteiger partial charge in [0.1, 0.15) is 0 Å². The van der Waals surface area contributed by atoms with Crippen molar-refractivity contribution in [1.82, 2.24) is 0 Å². The van der Waals surface area contributed by atoms with Crippen LogP contribution >= 0.6 is 11.8 Å². The van der Waals surface area contributed by atoms with E-state index in [1.807, 2.05) is 35.8 Å². The van der Waals surface area contributed by atoms with Gasteiger partial charge in [-0.2, -0.15) is 0 Å². The second kappa shape index (κ2) is 7.44. The summed E-state index contributed by atoms with van der Waals surface area (Å²) in [5.74, 6) is 1.76. The van der Waals surface area contributed by atoms with Crippen LogP contribution in [0.3, 0.4) is 0 Å². The molecule has 0 bridgehead atoms. The zero-order chi connectivity index (χ0) is 19.7. The van der Waals surface area contributed by atoms with E-state index < -0.39 is 10.6 Å². The molecule has 1 N–H and O–H groups in total. The second-order valence-electron chi connectivity index (χ2n) is 6.74. The van der Waals surface area contributed by atoms with E-state index in [0.717, 1.165) is 35.3 Å². The fraction of sp³-hybridized carbons (Fsp3) is 0.350. The number of nitro benzene ring substituents is 1. The van der Waals surface area contributed by atoms with Crippen molar-refractivity contribution in [2.24, 2.45) is 0 Å². The molecule has 0 radical (unpaired) electrons. The van der Waals surface area contributed by atoms with Crippen molar-refractivity contribution in [3.8, 4) is 5.75 Å². The molecule has 2 aromatic rings. The summed E-state index contributed by atoms with van der Waals surface area (Å²) < 4.78 is 7.81. The molecule has 28 heavy (non-hydrogen) atoms. The number of ether oxygens (including phenoxy) is 1. The molecule has 146 valence electrons. The Morgan fingerprint density at radius 2 is 2.04 bits per heavy atom. The molecular formula is C20H22N3O4S+. The summed E-state index contributed by atoms with van der Waals surface area (Å²) in [6.45, 7) is 3.56.